The Bertz CT molecular complexity index is 897. The molecule has 2 aromatic rings. The zero-order valence-electron chi connectivity index (χ0n) is 15.3. The van der Waals surface area contributed by atoms with E-state index in [4.69, 9.17) is 15.6 Å². The van der Waals surface area contributed by atoms with Gasteiger partial charge in [-0.3, -0.25) is 4.79 Å². The van der Waals surface area contributed by atoms with E-state index in [1.807, 2.05) is 0 Å². The summed E-state index contributed by atoms with van der Waals surface area (Å²) in [7, 11) is 1.40. The van der Waals surface area contributed by atoms with Crippen molar-refractivity contribution in [2.45, 2.75) is 18.9 Å². The lowest BCUT2D eigenvalue weighted by Gasteiger charge is -2.30. The van der Waals surface area contributed by atoms with Gasteiger partial charge < -0.3 is 25.8 Å². The van der Waals surface area contributed by atoms with Crippen LogP contribution >= 0.6 is 0 Å². The van der Waals surface area contributed by atoms with Crippen LogP contribution < -0.4 is 15.8 Å². The molecule has 0 radical (unpaired) electrons. The molecule has 8 nitrogen and oxygen atoms in total. The minimum absolute atomic E-state index is 0.0179. The van der Waals surface area contributed by atoms with Crippen molar-refractivity contribution >= 4 is 23.5 Å². The fraction of sp³-hybridized carbons (Fsp3) is 0.316. The zero-order chi connectivity index (χ0) is 20.3. The predicted octanol–water partition coefficient (Wildman–Crippen LogP) is 2.60. The first kappa shape index (κ1) is 19.4. The number of carbonyl (C=O) groups excluding carboxylic acids is 1. The molecule has 1 aromatic carbocycles. The van der Waals surface area contributed by atoms with Gasteiger partial charge in [0.05, 0.1) is 18.2 Å². The molecule has 9 heteroatoms. The number of piperidine rings is 1. The molecule has 0 saturated carbocycles. The molecule has 2 heterocycles. The number of halogens is 1. The third kappa shape index (κ3) is 4.13. The number of benzene rings is 1. The number of carboxylic acid groups (broad SMARTS) is 1. The molecule has 0 bridgehead atoms. The number of nitrogen functional groups attached to an aromatic ring is 1. The second kappa shape index (κ2) is 8.12. The van der Waals surface area contributed by atoms with Crippen molar-refractivity contribution in [1.29, 1.82) is 0 Å². The van der Waals surface area contributed by atoms with Crippen molar-refractivity contribution in [3.05, 3.63) is 47.3 Å². The summed E-state index contributed by atoms with van der Waals surface area (Å²) >= 11 is 0. The lowest BCUT2D eigenvalue weighted by molar-refractivity contribution is 0.103. The SMILES string of the molecule is COc1ccc(F)cc1C(=O)c1ccc(NC2CCN(C(=O)O)CC2)nc1N. The molecule has 3 rings (SSSR count). The summed E-state index contributed by atoms with van der Waals surface area (Å²) in [5.74, 6) is -0.277. The smallest absolute Gasteiger partial charge is 0.407 e. The maximum absolute atomic E-state index is 13.6. The van der Waals surface area contributed by atoms with Crippen LogP contribution in [0.25, 0.3) is 0 Å². The molecule has 0 atom stereocenters. The minimum Gasteiger partial charge on any atom is -0.496 e. The van der Waals surface area contributed by atoms with Crippen LogP contribution in [0.4, 0.5) is 20.8 Å². The Balaban J connectivity index is 1.73. The predicted molar refractivity (Wildman–Crippen MR) is 101 cm³/mol. The Labute approximate surface area is 161 Å². The summed E-state index contributed by atoms with van der Waals surface area (Å²) in [6, 6.07) is 6.91. The molecule has 4 N–H and O–H groups in total. The number of ketones is 1. The van der Waals surface area contributed by atoms with E-state index in [-0.39, 0.29) is 28.7 Å². The number of carbonyl (C=O) groups is 2. The van der Waals surface area contributed by atoms with E-state index >= 15 is 0 Å². The highest BCUT2D eigenvalue weighted by atomic mass is 19.1. The fourth-order valence-electron chi connectivity index (χ4n) is 3.17. The molecule has 1 fully saturated rings. The molecule has 148 valence electrons. The van der Waals surface area contributed by atoms with Crippen LogP contribution in [0.3, 0.4) is 0 Å². The number of anilines is 2. The summed E-state index contributed by atoms with van der Waals surface area (Å²) in [6.07, 6.45) is 0.376. The highest BCUT2D eigenvalue weighted by Crippen LogP contribution is 2.26. The van der Waals surface area contributed by atoms with Gasteiger partial charge in [0.1, 0.15) is 23.2 Å². The average Bonchev–Trinajstić information content (AvgIpc) is 2.68. The number of ether oxygens (including phenoxy) is 1. The van der Waals surface area contributed by atoms with Crippen LogP contribution in [-0.4, -0.2) is 53.1 Å². The number of aromatic nitrogens is 1. The van der Waals surface area contributed by atoms with E-state index in [9.17, 15) is 14.0 Å². The molecule has 1 aliphatic heterocycles. The number of hydrogen-bond donors (Lipinski definition) is 3. The van der Waals surface area contributed by atoms with Crippen LogP contribution in [0.2, 0.25) is 0 Å². The molecule has 1 aromatic heterocycles. The normalized spacial score (nSPS) is 14.6. The maximum atomic E-state index is 13.6. The van der Waals surface area contributed by atoms with Crippen molar-refractivity contribution < 1.29 is 23.8 Å². The van der Waals surface area contributed by atoms with Gasteiger partial charge in [0.25, 0.3) is 0 Å². The maximum Gasteiger partial charge on any atom is 0.407 e. The van der Waals surface area contributed by atoms with Crippen LogP contribution in [-0.2, 0) is 0 Å². The number of hydrogen-bond acceptors (Lipinski definition) is 6. The number of pyridine rings is 1. The van der Waals surface area contributed by atoms with Crippen molar-refractivity contribution in [3.63, 3.8) is 0 Å². The highest BCUT2D eigenvalue weighted by Gasteiger charge is 2.23. The Kier molecular flexibility index (Phi) is 5.62. The monoisotopic (exact) mass is 388 g/mol. The van der Waals surface area contributed by atoms with E-state index in [1.165, 1.54) is 30.2 Å². The van der Waals surface area contributed by atoms with Gasteiger partial charge in [0.15, 0.2) is 0 Å². The molecule has 28 heavy (non-hydrogen) atoms. The van der Waals surface area contributed by atoms with Gasteiger partial charge in [0.2, 0.25) is 5.78 Å². The van der Waals surface area contributed by atoms with E-state index in [2.05, 4.69) is 10.3 Å². The van der Waals surface area contributed by atoms with Gasteiger partial charge in [-0.1, -0.05) is 0 Å². The van der Waals surface area contributed by atoms with E-state index in [0.717, 1.165) is 6.07 Å². The minimum atomic E-state index is -0.920. The quantitative estimate of drug-likeness (QED) is 0.674. The molecule has 1 amide bonds. The Morgan fingerprint density at radius 1 is 1.25 bits per heavy atom. The second-order valence-corrected chi connectivity index (χ2v) is 6.49. The number of methoxy groups -OCH3 is 1. The van der Waals surface area contributed by atoms with Gasteiger partial charge in [-0.25, -0.2) is 14.2 Å². The molecular weight excluding hydrogens is 367 g/mol. The number of rotatable bonds is 5. The molecule has 1 saturated heterocycles. The summed E-state index contributed by atoms with van der Waals surface area (Å²) in [5.41, 5.74) is 6.18. The first-order chi connectivity index (χ1) is 13.4. The summed E-state index contributed by atoms with van der Waals surface area (Å²) < 4.78 is 18.7. The topological polar surface area (TPSA) is 118 Å². The van der Waals surface area contributed by atoms with Gasteiger partial charge in [-0.2, -0.15) is 0 Å². The molecule has 1 aliphatic rings. The number of amides is 1. The fourth-order valence-corrected chi connectivity index (χ4v) is 3.17. The van der Waals surface area contributed by atoms with Gasteiger partial charge in [-0.05, 0) is 43.2 Å². The third-order valence-electron chi connectivity index (χ3n) is 4.69. The Morgan fingerprint density at radius 2 is 1.96 bits per heavy atom. The van der Waals surface area contributed by atoms with Gasteiger partial charge >= 0.3 is 6.09 Å². The number of likely N-dealkylation sites (tertiary alicyclic amines) is 1. The molecule has 0 aliphatic carbocycles. The lowest BCUT2D eigenvalue weighted by atomic mass is 10.0. The average molecular weight is 388 g/mol. The van der Waals surface area contributed by atoms with E-state index < -0.39 is 17.7 Å². The molecule has 0 spiro atoms. The molecular formula is C19H21FN4O4. The van der Waals surface area contributed by atoms with E-state index in [0.29, 0.717) is 31.7 Å². The van der Waals surface area contributed by atoms with Crippen LogP contribution in [0.1, 0.15) is 28.8 Å². The van der Waals surface area contributed by atoms with E-state index in [1.54, 1.807) is 6.07 Å². The number of nitrogens with one attached hydrogen (secondary N) is 1. The number of nitrogens with zero attached hydrogens (tertiary/aromatic N) is 2. The second-order valence-electron chi connectivity index (χ2n) is 6.49. The van der Waals surface area contributed by atoms with Crippen LogP contribution in [0.15, 0.2) is 30.3 Å². The summed E-state index contributed by atoms with van der Waals surface area (Å²) in [4.78, 5) is 29.3. The highest BCUT2D eigenvalue weighted by molar-refractivity contribution is 6.13. The lowest BCUT2D eigenvalue weighted by Crippen LogP contribution is -2.41. The van der Waals surface area contributed by atoms with Crippen LogP contribution in [0.5, 0.6) is 5.75 Å². The van der Waals surface area contributed by atoms with Crippen molar-refractivity contribution in [3.8, 4) is 5.75 Å². The summed E-state index contributed by atoms with van der Waals surface area (Å²) in [6.45, 7) is 0.886. The third-order valence-corrected chi connectivity index (χ3v) is 4.69. The standard InChI is InChI=1S/C19H21FN4O4/c1-28-15-4-2-11(20)10-14(15)17(25)13-3-5-16(23-18(13)21)22-12-6-8-24(9-7-12)19(26)27/h2-5,10,12H,6-9H2,1H3,(H,26,27)(H3,21,22,23). The first-order valence-electron chi connectivity index (χ1n) is 8.78. The Hall–Kier alpha value is -3.36. The zero-order valence-corrected chi connectivity index (χ0v) is 15.3. The first-order valence-corrected chi connectivity index (χ1v) is 8.78. The molecule has 0 unspecified atom stereocenters. The van der Waals surface area contributed by atoms with Gasteiger partial charge in [-0.15, -0.1) is 0 Å². The van der Waals surface area contributed by atoms with Crippen molar-refractivity contribution in [1.82, 2.24) is 9.88 Å². The largest absolute Gasteiger partial charge is 0.496 e. The van der Waals surface area contributed by atoms with Gasteiger partial charge in [0, 0.05) is 19.1 Å². The summed E-state index contributed by atoms with van der Waals surface area (Å²) in [5, 5.41) is 12.2. The number of nitrogens with two attached hydrogens (primary N) is 1. The van der Waals surface area contributed by atoms with Crippen LogP contribution in [0, 0.1) is 5.82 Å². The van der Waals surface area contributed by atoms with Crippen molar-refractivity contribution in [2.75, 3.05) is 31.2 Å². The van der Waals surface area contributed by atoms with Crippen molar-refractivity contribution in [2.24, 2.45) is 0 Å². The Morgan fingerprint density at radius 3 is 2.57 bits per heavy atom.